The Morgan fingerprint density at radius 2 is 2.05 bits per heavy atom. The fourth-order valence-electron chi connectivity index (χ4n) is 2.51. The molecule has 0 atom stereocenters. The molecule has 0 bridgehead atoms. The Morgan fingerprint density at radius 3 is 2.60 bits per heavy atom. The van der Waals surface area contributed by atoms with Gasteiger partial charge in [0.25, 0.3) is 0 Å². The molecule has 0 aromatic heterocycles. The molecule has 0 saturated carbocycles. The highest BCUT2D eigenvalue weighted by atomic mass is 16.2. The Labute approximate surface area is 119 Å². The second-order valence-corrected chi connectivity index (χ2v) is 4.89. The Balaban J connectivity index is 1.99. The summed E-state index contributed by atoms with van der Waals surface area (Å²) in [5.41, 5.74) is 1.31. The van der Waals surface area contributed by atoms with Crippen molar-refractivity contribution in [1.29, 1.82) is 5.26 Å². The fraction of sp³-hybridized carbons (Fsp3) is 0.467. The van der Waals surface area contributed by atoms with Crippen LogP contribution in [0.2, 0.25) is 0 Å². The summed E-state index contributed by atoms with van der Waals surface area (Å²) in [7, 11) is 0. The molecular formula is C15H20N4O. The van der Waals surface area contributed by atoms with E-state index in [1.807, 2.05) is 11.8 Å². The quantitative estimate of drug-likeness (QED) is 0.886. The van der Waals surface area contributed by atoms with E-state index in [9.17, 15) is 4.79 Å². The third-order valence-electron chi connectivity index (χ3n) is 3.62. The first kappa shape index (κ1) is 14.4. The van der Waals surface area contributed by atoms with Crippen LogP contribution >= 0.6 is 0 Å². The second-order valence-electron chi connectivity index (χ2n) is 4.89. The molecule has 1 heterocycles. The standard InChI is InChI=1S/C15H20N4O/c1-2-19(14-7-9-17-10-8-14)15(20)18-13-5-3-12(11-16)4-6-13/h3-6,14,17H,2,7-10H2,1H3,(H,18,20). The van der Waals surface area contributed by atoms with E-state index in [2.05, 4.69) is 16.7 Å². The molecule has 2 N–H and O–H groups in total. The van der Waals surface area contributed by atoms with E-state index in [1.165, 1.54) is 0 Å². The molecule has 0 spiro atoms. The van der Waals surface area contributed by atoms with Gasteiger partial charge < -0.3 is 15.5 Å². The Kier molecular flexibility index (Phi) is 4.97. The zero-order chi connectivity index (χ0) is 14.4. The van der Waals surface area contributed by atoms with Crippen molar-refractivity contribution in [1.82, 2.24) is 10.2 Å². The van der Waals surface area contributed by atoms with Crippen LogP contribution in [0.25, 0.3) is 0 Å². The van der Waals surface area contributed by atoms with E-state index in [4.69, 9.17) is 5.26 Å². The van der Waals surface area contributed by atoms with Gasteiger partial charge in [-0.05, 0) is 57.1 Å². The summed E-state index contributed by atoms with van der Waals surface area (Å²) in [5, 5.41) is 15.0. The molecule has 1 aliphatic rings. The van der Waals surface area contributed by atoms with Gasteiger partial charge in [0.15, 0.2) is 0 Å². The number of urea groups is 1. The number of nitrogens with zero attached hydrogens (tertiary/aromatic N) is 2. The maximum Gasteiger partial charge on any atom is 0.322 e. The minimum Gasteiger partial charge on any atom is -0.322 e. The lowest BCUT2D eigenvalue weighted by atomic mass is 10.1. The van der Waals surface area contributed by atoms with E-state index in [-0.39, 0.29) is 6.03 Å². The van der Waals surface area contributed by atoms with E-state index in [0.717, 1.165) is 31.6 Å². The van der Waals surface area contributed by atoms with Gasteiger partial charge >= 0.3 is 6.03 Å². The Morgan fingerprint density at radius 1 is 1.40 bits per heavy atom. The second kappa shape index (κ2) is 6.92. The molecule has 2 rings (SSSR count). The smallest absolute Gasteiger partial charge is 0.322 e. The molecule has 1 saturated heterocycles. The highest BCUT2D eigenvalue weighted by molar-refractivity contribution is 5.89. The fourth-order valence-corrected chi connectivity index (χ4v) is 2.51. The van der Waals surface area contributed by atoms with Crippen molar-refractivity contribution in [2.45, 2.75) is 25.8 Å². The maximum absolute atomic E-state index is 12.3. The molecule has 0 radical (unpaired) electrons. The average Bonchev–Trinajstić information content (AvgIpc) is 2.50. The van der Waals surface area contributed by atoms with E-state index in [0.29, 0.717) is 18.2 Å². The van der Waals surface area contributed by atoms with Gasteiger partial charge in [0.1, 0.15) is 0 Å². The molecule has 1 fully saturated rings. The maximum atomic E-state index is 12.3. The van der Waals surface area contributed by atoms with E-state index in [1.54, 1.807) is 24.3 Å². The first-order valence-corrected chi connectivity index (χ1v) is 7.03. The normalized spacial score (nSPS) is 15.4. The third kappa shape index (κ3) is 3.49. The first-order valence-electron chi connectivity index (χ1n) is 7.03. The van der Waals surface area contributed by atoms with Crippen molar-refractivity contribution in [2.24, 2.45) is 0 Å². The van der Waals surface area contributed by atoms with Crippen LogP contribution < -0.4 is 10.6 Å². The van der Waals surface area contributed by atoms with E-state index < -0.39 is 0 Å². The lowest BCUT2D eigenvalue weighted by Gasteiger charge is -2.33. The van der Waals surface area contributed by atoms with Gasteiger partial charge in [-0.25, -0.2) is 4.79 Å². The lowest BCUT2D eigenvalue weighted by Crippen LogP contribution is -2.47. The number of amides is 2. The topological polar surface area (TPSA) is 68.2 Å². The first-order chi connectivity index (χ1) is 9.74. The number of benzene rings is 1. The zero-order valence-electron chi connectivity index (χ0n) is 11.7. The molecule has 1 aromatic carbocycles. The van der Waals surface area contributed by atoms with Gasteiger partial charge in [-0.15, -0.1) is 0 Å². The van der Waals surface area contributed by atoms with E-state index >= 15 is 0 Å². The molecule has 106 valence electrons. The van der Waals surface area contributed by atoms with Crippen molar-refractivity contribution in [3.8, 4) is 6.07 Å². The lowest BCUT2D eigenvalue weighted by molar-refractivity contribution is 0.175. The summed E-state index contributed by atoms with van der Waals surface area (Å²) < 4.78 is 0. The predicted octanol–water partition coefficient (Wildman–Crippen LogP) is 2.16. The van der Waals surface area contributed by atoms with Gasteiger partial charge in [0.05, 0.1) is 11.6 Å². The SMILES string of the molecule is CCN(C(=O)Nc1ccc(C#N)cc1)C1CCNCC1. The molecule has 0 aliphatic carbocycles. The number of rotatable bonds is 3. The summed E-state index contributed by atoms with van der Waals surface area (Å²) in [6.45, 7) is 4.63. The molecule has 2 amide bonds. The number of nitriles is 1. The summed E-state index contributed by atoms with van der Waals surface area (Å²) >= 11 is 0. The summed E-state index contributed by atoms with van der Waals surface area (Å²) in [4.78, 5) is 14.2. The van der Waals surface area contributed by atoms with Crippen LogP contribution in [-0.2, 0) is 0 Å². The summed E-state index contributed by atoms with van der Waals surface area (Å²) in [5.74, 6) is 0. The largest absolute Gasteiger partial charge is 0.322 e. The molecule has 20 heavy (non-hydrogen) atoms. The van der Waals surface area contributed by atoms with Crippen molar-refractivity contribution in [3.05, 3.63) is 29.8 Å². The molecular weight excluding hydrogens is 252 g/mol. The molecule has 1 aliphatic heterocycles. The van der Waals surface area contributed by atoms with Crippen molar-refractivity contribution < 1.29 is 4.79 Å². The van der Waals surface area contributed by atoms with Crippen LogP contribution in [-0.4, -0.2) is 36.6 Å². The van der Waals surface area contributed by atoms with Crippen LogP contribution in [0.1, 0.15) is 25.3 Å². The Hall–Kier alpha value is -2.06. The van der Waals surface area contributed by atoms with Crippen molar-refractivity contribution >= 4 is 11.7 Å². The number of carbonyl (C=O) groups excluding carboxylic acids is 1. The van der Waals surface area contributed by atoms with Crippen LogP contribution in [0.5, 0.6) is 0 Å². The minimum absolute atomic E-state index is 0.0656. The number of hydrogen-bond donors (Lipinski definition) is 2. The number of nitrogens with one attached hydrogen (secondary N) is 2. The van der Waals surface area contributed by atoms with Gasteiger partial charge in [-0.3, -0.25) is 0 Å². The number of piperidine rings is 1. The third-order valence-corrected chi connectivity index (χ3v) is 3.62. The number of anilines is 1. The molecule has 1 aromatic rings. The van der Waals surface area contributed by atoms with Crippen molar-refractivity contribution in [2.75, 3.05) is 25.0 Å². The number of hydrogen-bond acceptors (Lipinski definition) is 3. The average molecular weight is 272 g/mol. The van der Waals surface area contributed by atoms with Gasteiger partial charge in [0.2, 0.25) is 0 Å². The van der Waals surface area contributed by atoms with Crippen LogP contribution in [0, 0.1) is 11.3 Å². The van der Waals surface area contributed by atoms with Gasteiger partial charge in [-0.2, -0.15) is 5.26 Å². The highest BCUT2D eigenvalue weighted by Crippen LogP contribution is 2.15. The van der Waals surface area contributed by atoms with Gasteiger partial charge in [-0.1, -0.05) is 0 Å². The highest BCUT2D eigenvalue weighted by Gasteiger charge is 2.23. The van der Waals surface area contributed by atoms with Crippen LogP contribution in [0.3, 0.4) is 0 Å². The predicted molar refractivity (Wildman–Crippen MR) is 78.4 cm³/mol. The zero-order valence-corrected chi connectivity index (χ0v) is 11.7. The van der Waals surface area contributed by atoms with Crippen LogP contribution in [0.15, 0.2) is 24.3 Å². The number of carbonyl (C=O) groups is 1. The summed E-state index contributed by atoms with van der Waals surface area (Å²) in [6.07, 6.45) is 1.99. The minimum atomic E-state index is -0.0656. The van der Waals surface area contributed by atoms with Crippen LogP contribution in [0.4, 0.5) is 10.5 Å². The molecule has 0 unspecified atom stereocenters. The monoisotopic (exact) mass is 272 g/mol. The summed E-state index contributed by atoms with van der Waals surface area (Å²) in [6, 6.07) is 9.23. The van der Waals surface area contributed by atoms with Gasteiger partial charge in [0, 0.05) is 18.3 Å². The molecule has 5 nitrogen and oxygen atoms in total. The molecule has 5 heteroatoms. The van der Waals surface area contributed by atoms with Crippen molar-refractivity contribution in [3.63, 3.8) is 0 Å². The Bertz CT molecular complexity index is 486.